The highest BCUT2D eigenvalue weighted by molar-refractivity contribution is 5.80. The van der Waals surface area contributed by atoms with E-state index in [4.69, 9.17) is 10.5 Å². The number of nitrogens with two attached hydrogens (primary N) is 1. The molecule has 1 aliphatic rings. The maximum atomic E-state index is 12.5. The van der Waals surface area contributed by atoms with Crippen LogP contribution in [0.2, 0.25) is 0 Å². The van der Waals surface area contributed by atoms with Crippen molar-refractivity contribution in [3.8, 4) is 0 Å². The van der Waals surface area contributed by atoms with Crippen molar-refractivity contribution in [2.24, 2.45) is 11.7 Å². The number of ether oxygens (including phenoxy) is 1. The molecule has 0 aromatic heterocycles. The Kier molecular flexibility index (Phi) is 5.92. The fourth-order valence-electron chi connectivity index (χ4n) is 2.43. The summed E-state index contributed by atoms with van der Waals surface area (Å²) in [5, 5.41) is 0. The molecule has 0 aliphatic carbocycles. The Bertz CT molecular complexity index is 244. The minimum atomic E-state index is 0.0557. The highest BCUT2D eigenvalue weighted by Crippen LogP contribution is 2.26. The van der Waals surface area contributed by atoms with Crippen molar-refractivity contribution in [2.45, 2.75) is 52.2 Å². The molecule has 1 amide bonds. The fraction of sp³-hybridized carbons (Fsp3) is 0.923. The van der Waals surface area contributed by atoms with E-state index in [1.165, 1.54) is 0 Å². The van der Waals surface area contributed by atoms with E-state index < -0.39 is 0 Å². The summed E-state index contributed by atoms with van der Waals surface area (Å²) in [5.74, 6) is 0.304. The quantitative estimate of drug-likeness (QED) is 0.765. The van der Waals surface area contributed by atoms with Gasteiger partial charge in [0.25, 0.3) is 0 Å². The number of amides is 1. The van der Waals surface area contributed by atoms with Gasteiger partial charge in [-0.1, -0.05) is 6.92 Å². The van der Waals surface area contributed by atoms with Gasteiger partial charge in [-0.25, -0.2) is 0 Å². The third-order valence-electron chi connectivity index (χ3n) is 3.44. The predicted molar refractivity (Wildman–Crippen MR) is 68.7 cm³/mol. The van der Waals surface area contributed by atoms with Crippen LogP contribution in [0, 0.1) is 5.92 Å². The summed E-state index contributed by atoms with van der Waals surface area (Å²) in [5.41, 5.74) is 5.52. The molecule has 2 atom stereocenters. The second kappa shape index (κ2) is 6.97. The van der Waals surface area contributed by atoms with Crippen molar-refractivity contribution >= 4 is 5.91 Å². The van der Waals surface area contributed by atoms with Crippen molar-refractivity contribution in [1.29, 1.82) is 0 Å². The van der Waals surface area contributed by atoms with Gasteiger partial charge in [-0.15, -0.1) is 0 Å². The van der Waals surface area contributed by atoms with Crippen LogP contribution in [0.1, 0.15) is 40.0 Å². The molecule has 2 unspecified atom stereocenters. The normalized spacial score (nSPS) is 24.3. The molecule has 0 aromatic rings. The average molecular weight is 242 g/mol. The van der Waals surface area contributed by atoms with Crippen molar-refractivity contribution in [2.75, 3.05) is 19.7 Å². The Morgan fingerprint density at radius 2 is 2.24 bits per heavy atom. The Balaban J connectivity index is 2.63. The second-order valence-corrected chi connectivity index (χ2v) is 4.98. The van der Waals surface area contributed by atoms with Crippen LogP contribution >= 0.6 is 0 Å². The molecule has 0 saturated carbocycles. The maximum Gasteiger partial charge on any atom is 0.228 e. The van der Waals surface area contributed by atoms with Crippen molar-refractivity contribution < 1.29 is 9.53 Å². The smallest absolute Gasteiger partial charge is 0.228 e. The van der Waals surface area contributed by atoms with Crippen LogP contribution in [0.5, 0.6) is 0 Å². The number of nitrogens with zero attached hydrogens (tertiary/aromatic N) is 1. The van der Waals surface area contributed by atoms with Crippen LogP contribution < -0.4 is 5.73 Å². The van der Waals surface area contributed by atoms with Crippen LogP contribution in [0.3, 0.4) is 0 Å². The van der Waals surface area contributed by atoms with E-state index in [1.54, 1.807) is 0 Å². The van der Waals surface area contributed by atoms with E-state index in [2.05, 4.69) is 20.8 Å². The topological polar surface area (TPSA) is 55.6 Å². The molecule has 0 radical (unpaired) electrons. The summed E-state index contributed by atoms with van der Waals surface area (Å²) in [7, 11) is 0. The lowest BCUT2D eigenvalue weighted by molar-refractivity contribution is -0.139. The number of rotatable bonds is 6. The SMILES string of the molecule is CCC1OCCC1C(=O)N(CCCN)C(C)C. The Morgan fingerprint density at radius 3 is 2.76 bits per heavy atom. The Labute approximate surface area is 104 Å². The number of hydrogen-bond acceptors (Lipinski definition) is 3. The van der Waals surface area contributed by atoms with Gasteiger partial charge in [0.15, 0.2) is 0 Å². The van der Waals surface area contributed by atoms with Crippen molar-refractivity contribution in [3.05, 3.63) is 0 Å². The Hall–Kier alpha value is -0.610. The molecule has 1 fully saturated rings. The molecular weight excluding hydrogens is 216 g/mol. The number of carbonyl (C=O) groups is 1. The molecule has 1 aliphatic heterocycles. The molecule has 4 heteroatoms. The summed E-state index contributed by atoms with van der Waals surface area (Å²) >= 11 is 0. The van der Waals surface area contributed by atoms with E-state index in [9.17, 15) is 4.79 Å². The van der Waals surface area contributed by atoms with E-state index in [1.807, 2.05) is 4.90 Å². The number of hydrogen-bond donors (Lipinski definition) is 1. The third-order valence-corrected chi connectivity index (χ3v) is 3.44. The average Bonchev–Trinajstić information content (AvgIpc) is 2.76. The summed E-state index contributed by atoms with van der Waals surface area (Å²) < 4.78 is 5.60. The Morgan fingerprint density at radius 1 is 1.53 bits per heavy atom. The molecule has 1 rings (SSSR count). The standard InChI is InChI=1S/C13H26N2O2/c1-4-12-11(6-9-17-12)13(16)15(10(2)3)8-5-7-14/h10-12H,4-9,14H2,1-3H3. The maximum absolute atomic E-state index is 12.5. The minimum Gasteiger partial charge on any atom is -0.377 e. The summed E-state index contributed by atoms with van der Waals surface area (Å²) in [6, 6.07) is 0.243. The zero-order valence-electron chi connectivity index (χ0n) is 11.3. The first kappa shape index (κ1) is 14.5. The van der Waals surface area contributed by atoms with Crippen molar-refractivity contribution in [3.63, 3.8) is 0 Å². The van der Waals surface area contributed by atoms with Gasteiger partial charge in [-0.2, -0.15) is 0 Å². The first-order valence-electron chi connectivity index (χ1n) is 6.74. The number of carbonyl (C=O) groups excluding carboxylic acids is 1. The van der Waals surface area contributed by atoms with E-state index in [0.29, 0.717) is 6.54 Å². The van der Waals surface area contributed by atoms with Crippen LogP contribution in [-0.4, -0.2) is 42.6 Å². The fourth-order valence-corrected chi connectivity index (χ4v) is 2.43. The zero-order chi connectivity index (χ0) is 12.8. The van der Waals surface area contributed by atoms with Gasteiger partial charge in [-0.05, 0) is 39.7 Å². The van der Waals surface area contributed by atoms with E-state index in [-0.39, 0.29) is 24.0 Å². The molecule has 0 aromatic carbocycles. The van der Waals surface area contributed by atoms with Gasteiger partial charge in [0.2, 0.25) is 5.91 Å². The third kappa shape index (κ3) is 3.68. The zero-order valence-corrected chi connectivity index (χ0v) is 11.3. The molecule has 17 heavy (non-hydrogen) atoms. The molecule has 100 valence electrons. The van der Waals surface area contributed by atoms with Crippen LogP contribution in [0.25, 0.3) is 0 Å². The van der Waals surface area contributed by atoms with Gasteiger partial charge in [0, 0.05) is 19.2 Å². The second-order valence-electron chi connectivity index (χ2n) is 4.98. The molecule has 1 saturated heterocycles. The van der Waals surface area contributed by atoms with Crippen LogP contribution in [-0.2, 0) is 9.53 Å². The predicted octanol–water partition coefficient (Wildman–Crippen LogP) is 1.39. The summed E-state index contributed by atoms with van der Waals surface area (Å²) in [6.45, 7) is 8.32. The van der Waals surface area contributed by atoms with Gasteiger partial charge in [0.05, 0.1) is 12.0 Å². The molecular formula is C13H26N2O2. The highest BCUT2D eigenvalue weighted by atomic mass is 16.5. The van der Waals surface area contributed by atoms with Gasteiger partial charge in [-0.3, -0.25) is 4.79 Å². The van der Waals surface area contributed by atoms with Crippen LogP contribution in [0.15, 0.2) is 0 Å². The van der Waals surface area contributed by atoms with Gasteiger partial charge < -0.3 is 15.4 Å². The molecule has 2 N–H and O–H groups in total. The summed E-state index contributed by atoms with van der Waals surface area (Å²) in [4.78, 5) is 14.4. The van der Waals surface area contributed by atoms with Crippen molar-refractivity contribution in [1.82, 2.24) is 4.90 Å². The highest BCUT2D eigenvalue weighted by Gasteiger charge is 2.35. The lowest BCUT2D eigenvalue weighted by atomic mass is 9.97. The molecule has 4 nitrogen and oxygen atoms in total. The molecule has 0 bridgehead atoms. The van der Waals surface area contributed by atoms with Crippen LogP contribution in [0.4, 0.5) is 0 Å². The van der Waals surface area contributed by atoms with Gasteiger partial charge in [0.1, 0.15) is 0 Å². The molecule has 0 spiro atoms. The van der Waals surface area contributed by atoms with E-state index in [0.717, 1.165) is 32.4 Å². The van der Waals surface area contributed by atoms with Gasteiger partial charge >= 0.3 is 0 Å². The lowest BCUT2D eigenvalue weighted by Gasteiger charge is -2.30. The lowest BCUT2D eigenvalue weighted by Crippen LogP contribution is -2.44. The summed E-state index contributed by atoms with van der Waals surface area (Å²) in [6.07, 6.45) is 2.76. The largest absolute Gasteiger partial charge is 0.377 e. The monoisotopic (exact) mass is 242 g/mol. The first-order chi connectivity index (χ1) is 8.11. The van der Waals surface area contributed by atoms with E-state index >= 15 is 0 Å². The molecule has 1 heterocycles. The first-order valence-corrected chi connectivity index (χ1v) is 6.74. The minimum absolute atomic E-state index is 0.0557.